The van der Waals surface area contributed by atoms with E-state index in [9.17, 15) is 4.79 Å². The minimum absolute atomic E-state index is 0.0152. The van der Waals surface area contributed by atoms with Gasteiger partial charge >= 0.3 is 0 Å². The Labute approximate surface area is 124 Å². The van der Waals surface area contributed by atoms with Crippen molar-refractivity contribution in [2.45, 2.75) is 13.8 Å². The van der Waals surface area contributed by atoms with Gasteiger partial charge in [-0.3, -0.25) is 4.79 Å². The van der Waals surface area contributed by atoms with Crippen LogP contribution in [0.15, 0.2) is 18.5 Å². The van der Waals surface area contributed by atoms with Crippen LogP contribution in [0.4, 0.5) is 5.95 Å². The third-order valence-corrected chi connectivity index (χ3v) is 4.06. The van der Waals surface area contributed by atoms with Gasteiger partial charge in [-0.2, -0.15) is 0 Å². The fourth-order valence-corrected chi connectivity index (χ4v) is 2.15. The zero-order chi connectivity index (χ0) is 14.8. The van der Waals surface area contributed by atoms with Crippen molar-refractivity contribution in [1.29, 1.82) is 0 Å². The first-order valence-corrected chi connectivity index (χ1v) is 6.95. The minimum Gasteiger partial charge on any atom is -0.392 e. The number of hydrogen-bond acceptors (Lipinski definition) is 5. The lowest BCUT2D eigenvalue weighted by Gasteiger charge is -2.38. The molecular weight excluding hydrogens is 274 g/mol. The van der Waals surface area contributed by atoms with Crippen molar-refractivity contribution in [3.63, 3.8) is 0 Å². The molecule has 0 saturated carbocycles. The molecular formula is C13H19N5OS. The molecule has 0 spiro atoms. The number of nitrogens with zero attached hydrogens (tertiary/aromatic N) is 4. The molecule has 7 heteroatoms. The van der Waals surface area contributed by atoms with Gasteiger partial charge in [0.1, 0.15) is 0 Å². The molecule has 0 aromatic carbocycles. The van der Waals surface area contributed by atoms with Crippen molar-refractivity contribution >= 4 is 29.1 Å². The Morgan fingerprint density at radius 2 is 1.80 bits per heavy atom. The van der Waals surface area contributed by atoms with Gasteiger partial charge in [0.05, 0.1) is 10.4 Å². The van der Waals surface area contributed by atoms with Crippen LogP contribution in [0, 0.1) is 5.41 Å². The Morgan fingerprint density at radius 3 is 2.30 bits per heavy atom. The number of anilines is 1. The van der Waals surface area contributed by atoms with Crippen molar-refractivity contribution in [1.82, 2.24) is 14.9 Å². The van der Waals surface area contributed by atoms with E-state index >= 15 is 0 Å². The van der Waals surface area contributed by atoms with Crippen LogP contribution in [0.25, 0.3) is 0 Å². The quantitative estimate of drug-likeness (QED) is 0.815. The fourth-order valence-electron chi connectivity index (χ4n) is 2.06. The summed E-state index contributed by atoms with van der Waals surface area (Å²) in [6.45, 7) is 6.22. The third-order valence-electron chi connectivity index (χ3n) is 3.55. The van der Waals surface area contributed by atoms with Crippen LogP contribution >= 0.6 is 12.2 Å². The number of carbonyl (C=O) groups excluding carboxylic acids is 1. The molecule has 0 radical (unpaired) electrons. The molecule has 0 unspecified atom stereocenters. The average Bonchev–Trinajstić information content (AvgIpc) is 2.47. The number of aromatic nitrogens is 2. The third kappa shape index (κ3) is 2.87. The molecule has 1 aliphatic rings. The molecule has 20 heavy (non-hydrogen) atoms. The van der Waals surface area contributed by atoms with Gasteiger partial charge in [0.2, 0.25) is 11.9 Å². The molecule has 2 N–H and O–H groups in total. The molecule has 6 nitrogen and oxygen atoms in total. The maximum absolute atomic E-state index is 12.4. The number of thiocarbonyl (C=S) groups is 1. The van der Waals surface area contributed by atoms with Gasteiger partial charge in [0.15, 0.2) is 0 Å². The molecule has 1 aromatic heterocycles. The number of carbonyl (C=O) groups is 1. The van der Waals surface area contributed by atoms with Crippen molar-refractivity contribution < 1.29 is 4.79 Å². The van der Waals surface area contributed by atoms with E-state index in [-0.39, 0.29) is 10.9 Å². The molecule has 1 aromatic rings. The molecule has 2 heterocycles. The van der Waals surface area contributed by atoms with E-state index in [1.54, 1.807) is 37.2 Å². The minimum atomic E-state index is -0.791. The summed E-state index contributed by atoms with van der Waals surface area (Å²) in [4.78, 5) is 25.0. The molecule has 1 amide bonds. The topological polar surface area (TPSA) is 75.4 Å². The second-order valence-electron chi connectivity index (χ2n) is 5.32. The monoisotopic (exact) mass is 293 g/mol. The summed E-state index contributed by atoms with van der Waals surface area (Å²) in [5, 5.41) is 0. The lowest BCUT2D eigenvalue weighted by molar-refractivity contribution is -0.137. The standard InChI is InChI=1S/C13H19N5OS/c1-13(2,10(14)20)11(19)17-6-8-18(9-7-17)12-15-4-3-5-16-12/h3-5H,6-9H2,1-2H3,(H2,14,20). The van der Waals surface area contributed by atoms with E-state index in [1.807, 2.05) is 0 Å². The van der Waals surface area contributed by atoms with Crippen LogP contribution in [0.1, 0.15) is 13.8 Å². The second kappa shape index (κ2) is 5.70. The van der Waals surface area contributed by atoms with Crippen LogP contribution in [-0.4, -0.2) is 51.9 Å². The Balaban J connectivity index is 1.98. The van der Waals surface area contributed by atoms with E-state index < -0.39 is 5.41 Å². The maximum Gasteiger partial charge on any atom is 0.235 e. The van der Waals surface area contributed by atoms with E-state index in [1.165, 1.54) is 0 Å². The highest BCUT2D eigenvalue weighted by Gasteiger charge is 2.36. The molecule has 0 aliphatic carbocycles. The summed E-state index contributed by atoms with van der Waals surface area (Å²) in [7, 11) is 0. The van der Waals surface area contributed by atoms with Crippen molar-refractivity contribution in [2.24, 2.45) is 11.1 Å². The predicted molar refractivity (Wildman–Crippen MR) is 81.4 cm³/mol. The summed E-state index contributed by atoms with van der Waals surface area (Å²) >= 11 is 4.98. The largest absolute Gasteiger partial charge is 0.392 e. The highest BCUT2D eigenvalue weighted by Crippen LogP contribution is 2.21. The van der Waals surface area contributed by atoms with Gasteiger partial charge < -0.3 is 15.5 Å². The molecule has 2 rings (SSSR count). The van der Waals surface area contributed by atoms with E-state index in [2.05, 4.69) is 14.9 Å². The highest BCUT2D eigenvalue weighted by atomic mass is 32.1. The summed E-state index contributed by atoms with van der Waals surface area (Å²) in [6.07, 6.45) is 3.44. The van der Waals surface area contributed by atoms with Gasteiger partial charge in [0.25, 0.3) is 0 Å². The van der Waals surface area contributed by atoms with Gasteiger partial charge in [-0.05, 0) is 19.9 Å². The lowest BCUT2D eigenvalue weighted by atomic mass is 9.91. The SMILES string of the molecule is CC(C)(C(=O)N1CCN(c2ncccn2)CC1)C(N)=S. The van der Waals surface area contributed by atoms with Crippen LogP contribution in [0.3, 0.4) is 0 Å². The summed E-state index contributed by atoms with van der Waals surface area (Å²) in [6, 6.07) is 1.79. The first-order valence-electron chi connectivity index (χ1n) is 6.54. The zero-order valence-electron chi connectivity index (χ0n) is 11.7. The fraction of sp³-hybridized carbons (Fsp3) is 0.538. The maximum atomic E-state index is 12.4. The first-order chi connectivity index (χ1) is 9.43. The molecule has 108 valence electrons. The van der Waals surface area contributed by atoms with Crippen LogP contribution in [-0.2, 0) is 4.79 Å². The molecule has 0 bridgehead atoms. The summed E-state index contributed by atoms with van der Waals surface area (Å²) < 4.78 is 0. The smallest absolute Gasteiger partial charge is 0.235 e. The van der Waals surface area contributed by atoms with Crippen molar-refractivity contribution in [2.75, 3.05) is 31.1 Å². The van der Waals surface area contributed by atoms with Gasteiger partial charge in [-0.1, -0.05) is 12.2 Å². The van der Waals surface area contributed by atoms with Gasteiger partial charge in [0, 0.05) is 38.6 Å². The number of rotatable bonds is 3. The molecule has 1 aliphatic heterocycles. The van der Waals surface area contributed by atoms with Crippen LogP contribution in [0.5, 0.6) is 0 Å². The zero-order valence-corrected chi connectivity index (χ0v) is 12.6. The van der Waals surface area contributed by atoms with E-state index in [0.29, 0.717) is 32.1 Å². The van der Waals surface area contributed by atoms with Gasteiger partial charge in [-0.25, -0.2) is 9.97 Å². The highest BCUT2D eigenvalue weighted by molar-refractivity contribution is 7.80. The normalized spacial score (nSPS) is 16.1. The van der Waals surface area contributed by atoms with Crippen molar-refractivity contribution in [3.05, 3.63) is 18.5 Å². The number of amides is 1. The molecule has 0 atom stereocenters. The molecule has 1 saturated heterocycles. The summed E-state index contributed by atoms with van der Waals surface area (Å²) in [5.74, 6) is 0.687. The first kappa shape index (κ1) is 14.6. The number of piperazine rings is 1. The predicted octanol–water partition coefficient (Wildman–Crippen LogP) is 0.437. The Morgan fingerprint density at radius 1 is 1.25 bits per heavy atom. The van der Waals surface area contributed by atoms with E-state index in [4.69, 9.17) is 18.0 Å². The van der Waals surface area contributed by atoms with Crippen LogP contribution in [0.2, 0.25) is 0 Å². The summed E-state index contributed by atoms with van der Waals surface area (Å²) in [5.41, 5.74) is 4.86. The Hall–Kier alpha value is -1.76. The van der Waals surface area contributed by atoms with Gasteiger partial charge in [-0.15, -0.1) is 0 Å². The Bertz CT molecular complexity index is 497. The number of hydrogen-bond donors (Lipinski definition) is 1. The van der Waals surface area contributed by atoms with Crippen LogP contribution < -0.4 is 10.6 Å². The van der Waals surface area contributed by atoms with Crippen molar-refractivity contribution in [3.8, 4) is 0 Å². The lowest BCUT2D eigenvalue weighted by Crippen LogP contribution is -2.54. The second-order valence-corrected chi connectivity index (χ2v) is 5.76. The molecule has 1 fully saturated rings. The average molecular weight is 293 g/mol. The number of nitrogens with two attached hydrogens (primary N) is 1. The Kier molecular flexibility index (Phi) is 4.17. The van der Waals surface area contributed by atoms with E-state index in [0.717, 1.165) is 0 Å².